The van der Waals surface area contributed by atoms with Gasteiger partial charge in [0.1, 0.15) is 0 Å². The highest BCUT2D eigenvalue weighted by Crippen LogP contribution is 2.39. The Hall–Kier alpha value is -1.33. The van der Waals surface area contributed by atoms with Crippen LogP contribution in [0, 0.1) is 0 Å². The van der Waals surface area contributed by atoms with Crippen molar-refractivity contribution in [3.63, 3.8) is 0 Å². The Morgan fingerprint density at radius 1 is 1.00 bits per heavy atom. The molecule has 130 valence electrons. The lowest BCUT2D eigenvalue weighted by Crippen LogP contribution is -2.44. The van der Waals surface area contributed by atoms with E-state index in [0.717, 1.165) is 41.6 Å². The Kier molecular flexibility index (Phi) is 4.87. The fourth-order valence-electron chi connectivity index (χ4n) is 3.17. The highest BCUT2D eigenvalue weighted by Gasteiger charge is 2.17. The minimum Gasteiger partial charge on any atom is -0.368 e. The Balaban J connectivity index is 1.66. The molecule has 25 heavy (non-hydrogen) atoms. The van der Waals surface area contributed by atoms with Gasteiger partial charge < -0.3 is 14.8 Å². The van der Waals surface area contributed by atoms with Gasteiger partial charge in [-0.1, -0.05) is 47.1 Å². The molecular weight excluding hydrogens is 373 g/mol. The lowest BCUT2D eigenvalue weighted by molar-refractivity contribution is 0.313. The van der Waals surface area contributed by atoms with Crippen LogP contribution in [0.25, 0.3) is 10.9 Å². The minimum atomic E-state index is 0.584. The van der Waals surface area contributed by atoms with Crippen LogP contribution in [-0.4, -0.2) is 43.1 Å². The van der Waals surface area contributed by atoms with E-state index in [1.807, 2.05) is 18.2 Å². The van der Waals surface area contributed by atoms with Gasteiger partial charge in [0.2, 0.25) is 0 Å². The highest BCUT2D eigenvalue weighted by molar-refractivity contribution is 7.99. The van der Waals surface area contributed by atoms with E-state index in [4.69, 9.17) is 23.2 Å². The van der Waals surface area contributed by atoms with Crippen molar-refractivity contribution in [1.82, 2.24) is 9.88 Å². The first kappa shape index (κ1) is 17.1. The second-order valence-corrected chi connectivity index (χ2v) is 8.19. The Morgan fingerprint density at radius 3 is 2.56 bits per heavy atom. The zero-order valence-corrected chi connectivity index (χ0v) is 16.3. The van der Waals surface area contributed by atoms with Gasteiger partial charge in [-0.25, -0.2) is 0 Å². The molecule has 1 fully saturated rings. The van der Waals surface area contributed by atoms with Crippen LogP contribution >= 0.6 is 35.0 Å². The number of fused-ring (bicyclic) bond motifs is 1. The van der Waals surface area contributed by atoms with Crippen molar-refractivity contribution < 1.29 is 0 Å². The molecule has 0 aliphatic carbocycles. The molecule has 6 heteroatoms. The third kappa shape index (κ3) is 3.49. The molecule has 1 saturated heterocycles. The van der Waals surface area contributed by atoms with Crippen molar-refractivity contribution in [3.05, 3.63) is 52.5 Å². The molecule has 0 spiro atoms. The summed E-state index contributed by atoms with van der Waals surface area (Å²) in [6.07, 6.45) is 0. The molecule has 1 aromatic heterocycles. The van der Waals surface area contributed by atoms with Gasteiger partial charge in [-0.3, -0.25) is 0 Å². The van der Waals surface area contributed by atoms with Crippen LogP contribution in [0.4, 0.5) is 5.69 Å². The molecule has 1 N–H and O–H groups in total. The normalized spacial score (nSPS) is 15.9. The molecule has 1 aliphatic heterocycles. The molecule has 0 bridgehead atoms. The van der Waals surface area contributed by atoms with Gasteiger partial charge in [0.05, 0.1) is 15.1 Å². The standard InChI is InChI=1S/C19H19Cl2N3S/c1-23-8-10-24(11-9-23)16-6-3-5-15-13(16)12-18(22-15)25-17-7-2-4-14(20)19(17)21/h2-7,12,22H,8-11H2,1H3. The molecule has 0 radical (unpaired) electrons. The van der Waals surface area contributed by atoms with Crippen molar-refractivity contribution in [2.24, 2.45) is 0 Å². The number of piperazine rings is 1. The predicted molar refractivity (Wildman–Crippen MR) is 109 cm³/mol. The molecule has 0 unspecified atom stereocenters. The average molecular weight is 392 g/mol. The monoisotopic (exact) mass is 391 g/mol. The quantitative estimate of drug-likeness (QED) is 0.647. The summed E-state index contributed by atoms with van der Waals surface area (Å²) in [6, 6.07) is 14.4. The highest BCUT2D eigenvalue weighted by atomic mass is 35.5. The van der Waals surface area contributed by atoms with Gasteiger partial charge in [-0.05, 0) is 37.4 Å². The number of halogens is 2. The van der Waals surface area contributed by atoms with Crippen molar-refractivity contribution in [1.29, 1.82) is 0 Å². The summed E-state index contributed by atoms with van der Waals surface area (Å²) in [5.41, 5.74) is 2.45. The first-order chi connectivity index (χ1) is 12.1. The Morgan fingerprint density at radius 2 is 1.76 bits per heavy atom. The summed E-state index contributed by atoms with van der Waals surface area (Å²) in [4.78, 5) is 9.30. The molecular formula is C19H19Cl2N3S. The van der Waals surface area contributed by atoms with Gasteiger partial charge in [-0.2, -0.15) is 0 Å². The molecule has 3 nitrogen and oxygen atoms in total. The molecule has 2 heterocycles. The number of nitrogens with one attached hydrogen (secondary N) is 1. The smallest absolute Gasteiger partial charge is 0.0782 e. The average Bonchev–Trinajstić information content (AvgIpc) is 3.02. The lowest BCUT2D eigenvalue weighted by atomic mass is 10.2. The number of H-pyrrole nitrogens is 1. The minimum absolute atomic E-state index is 0.584. The fourth-order valence-corrected chi connectivity index (χ4v) is 4.57. The zero-order chi connectivity index (χ0) is 17.4. The number of aromatic nitrogens is 1. The molecule has 4 rings (SSSR count). The van der Waals surface area contributed by atoms with E-state index in [9.17, 15) is 0 Å². The first-order valence-corrected chi connectivity index (χ1v) is 9.86. The van der Waals surface area contributed by atoms with Gasteiger partial charge in [0, 0.05) is 47.7 Å². The number of hydrogen-bond acceptors (Lipinski definition) is 3. The Labute approximate surface area is 161 Å². The number of nitrogens with zero attached hydrogens (tertiary/aromatic N) is 2. The molecule has 1 aliphatic rings. The third-order valence-electron chi connectivity index (χ3n) is 4.60. The fraction of sp³-hybridized carbons (Fsp3) is 0.263. The zero-order valence-electron chi connectivity index (χ0n) is 13.9. The summed E-state index contributed by atoms with van der Waals surface area (Å²) in [6.45, 7) is 4.31. The summed E-state index contributed by atoms with van der Waals surface area (Å²) < 4.78 is 0. The molecule has 0 amide bonds. The number of likely N-dealkylation sites (N-methyl/N-ethyl adjacent to an activating group) is 1. The van der Waals surface area contributed by atoms with Crippen molar-refractivity contribution >= 4 is 51.6 Å². The number of anilines is 1. The van der Waals surface area contributed by atoms with Crippen molar-refractivity contribution in [3.8, 4) is 0 Å². The van der Waals surface area contributed by atoms with E-state index in [-0.39, 0.29) is 0 Å². The predicted octanol–water partition coefficient (Wildman–Crippen LogP) is 5.38. The van der Waals surface area contributed by atoms with Gasteiger partial charge in [0.25, 0.3) is 0 Å². The van der Waals surface area contributed by atoms with E-state index in [2.05, 4.69) is 46.1 Å². The van der Waals surface area contributed by atoms with E-state index >= 15 is 0 Å². The molecule has 0 atom stereocenters. The van der Waals surface area contributed by atoms with Crippen LogP contribution in [-0.2, 0) is 0 Å². The summed E-state index contributed by atoms with van der Waals surface area (Å²) in [7, 11) is 2.18. The number of aromatic amines is 1. The largest absolute Gasteiger partial charge is 0.368 e. The first-order valence-electron chi connectivity index (χ1n) is 8.29. The van der Waals surface area contributed by atoms with Gasteiger partial charge in [0.15, 0.2) is 0 Å². The van der Waals surface area contributed by atoms with Gasteiger partial charge >= 0.3 is 0 Å². The van der Waals surface area contributed by atoms with E-state index in [1.165, 1.54) is 11.1 Å². The maximum atomic E-state index is 6.33. The summed E-state index contributed by atoms with van der Waals surface area (Å²) in [5, 5.41) is 3.52. The molecule has 2 aromatic carbocycles. The molecule has 0 saturated carbocycles. The summed E-state index contributed by atoms with van der Waals surface area (Å²) >= 11 is 14.1. The van der Waals surface area contributed by atoms with E-state index in [1.54, 1.807) is 11.8 Å². The van der Waals surface area contributed by atoms with Gasteiger partial charge in [-0.15, -0.1) is 0 Å². The van der Waals surface area contributed by atoms with Crippen molar-refractivity contribution in [2.45, 2.75) is 9.92 Å². The Bertz CT molecular complexity index is 901. The van der Waals surface area contributed by atoms with E-state index in [0.29, 0.717) is 10.0 Å². The van der Waals surface area contributed by atoms with Crippen LogP contribution < -0.4 is 4.90 Å². The van der Waals surface area contributed by atoms with Crippen LogP contribution in [0.1, 0.15) is 0 Å². The van der Waals surface area contributed by atoms with Crippen LogP contribution in [0.15, 0.2) is 52.4 Å². The van der Waals surface area contributed by atoms with Crippen LogP contribution in [0.5, 0.6) is 0 Å². The summed E-state index contributed by atoms with van der Waals surface area (Å²) in [5.74, 6) is 0. The number of rotatable bonds is 3. The van der Waals surface area contributed by atoms with Crippen LogP contribution in [0.3, 0.4) is 0 Å². The maximum absolute atomic E-state index is 6.33. The third-order valence-corrected chi connectivity index (χ3v) is 6.53. The number of hydrogen-bond donors (Lipinski definition) is 1. The second-order valence-electron chi connectivity index (χ2n) is 6.32. The van der Waals surface area contributed by atoms with Crippen molar-refractivity contribution in [2.75, 3.05) is 38.1 Å². The number of benzene rings is 2. The lowest BCUT2D eigenvalue weighted by Gasteiger charge is -2.34. The second kappa shape index (κ2) is 7.12. The van der Waals surface area contributed by atoms with Crippen LogP contribution in [0.2, 0.25) is 10.0 Å². The molecule has 3 aromatic rings. The topological polar surface area (TPSA) is 22.3 Å². The maximum Gasteiger partial charge on any atom is 0.0782 e. The van der Waals surface area contributed by atoms with E-state index < -0.39 is 0 Å². The SMILES string of the molecule is CN1CCN(c2cccc3[nH]c(Sc4cccc(Cl)c4Cl)cc23)CC1.